The maximum atomic E-state index is 13.6. The average molecular weight is 453 g/mol. The lowest BCUT2D eigenvalue weighted by molar-refractivity contribution is -0.0512. The van der Waals surface area contributed by atoms with Crippen molar-refractivity contribution in [1.82, 2.24) is 5.32 Å². The Labute approximate surface area is 191 Å². The topological polar surface area (TPSA) is 50.8 Å². The number of ether oxygens (including phenoxy) is 2. The number of benzene rings is 3. The number of amides is 1. The van der Waals surface area contributed by atoms with Gasteiger partial charge in [-0.1, -0.05) is 42.5 Å². The second-order valence-electron chi connectivity index (χ2n) is 7.87. The molecule has 0 unspecified atom stereocenters. The molecule has 0 spiro atoms. The number of carbonyl (C=O) groups is 1. The van der Waals surface area contributed by atoms with Crippen LogP contribution in [0.15, 0.2) is 72.8 Å². The zero-order valence-corrected chi connectivity index (χ0v) is 18.3. The van der Waals surface area contributed by atoms with Crippen LogP contribution in [0.2, 0.25) is 0 Å². The first-order chi connectivity index (χ1) is 16.0. The van der Waals surface area contributed by atoms with E-state index in [1.165, 1.54) is 25.3 Å². The highest BCUT2D eigenvalue weighted by atomic mass is 19.3. The molecule has 172 valence electrons. The van der Waals surface area contributed by atoms with Gasteiger partial charge < -0.3 is 19.7 Å². The molecule has 1 N–H and O–H groups in total. The summed E-state index contributed by atoms with van der Waals surface area (Å²) in [5.74, 6) is -0.270. The van der Waals surface area contributed by atoms with Gasteiger partial charge in [-0.15, -0.1) is 0 Å². The quantitative estimate of drug-likeness (QED) is 0.500. The molecule has 0 aromatic heterocycles. The Hall–Kier alpha value is -3.45. The molecule has 1 heterocycles. The molecule has 0 aliphatic carbocycles. The van der Waals surface area contributed by atoms with Crippen LogP contribution < -0.4 is 19.7 Å². The Bertz CT molecular complexity index is 1090. The van der Waals surface area contributed by atoms with Crippen molar-refractivity contribution in [3.63, 3.8) is 0 Å². The van der Waals surface area contributed by atoms with Gasteiger partial charge in [0, 0.05) is 23.8 Å². The third-order valence-corrected chi connectivity index (χ3v) is 5.70. The monoisotopic (exact) mass is 452 g/mol. The van der Waals surface area contributed by atoms with Crippen LogP contribution in [-0.2, 0) is 0 Å². The molecule has 1 fully saturated rings. The summed E-state index contributed by atoms with van der Waals surface area (Å²) in [5, 5.41) is 3.44. The second-order valence-corrected chi connectivity index (χ2v) is 7.87. The molecule has 4 rings (SSSR count). The minimum Gasteiger partial charge on any atom is -0.493 e. The van der Waals surface area contributed by atoms with Crippen LogP contribution in [-0.4, -0.2) is 38.8 Å². The lowest BCUT2D eigenvalue weighted by Gasteiger charge is -2.27. The SMILES string of the molecule is COc1cc(C(=O)N(C[C@@H]2CCCN2)c2cccc(-c3ccccc3)c2)ccc1OC(F)F. The molecule has 1 aliphatic rings. The predicted octanol–water partition coefficient (Wildman–Crippen LogP) is 5.36. The van der Waals surface area contributed by atoms with Crippen molar-refractivity contribution < 1.29 is 23.0 Å². The molecule has 3 aromatic carbocycles. The van der Waals surface area contributed by atoms with E-state index in [0.717, 1.165) is 36.2 Å². The normalized spacial score (nSPS) is 15.5. The summed E-state index contributed by atoms with van der Waals surface area (Å²) < 4.78 is 35.1. The first-order valence-corrected chi connectivity index (χ1v) is 10.9. The first-order valence-electron chi connectivity index (χ1n) is 10.9. The largest absolute Gasteiger partial charge is 0.493 e. The van der Waals surface area contributed by atoms with E-state index in [1.54, 1.807) is 4.90 Å². The number of carbonyl (C=O) groups excluding carboxylic acids is 1. The lowest BCUT2D eigenvalue weighted by Crippen LogP contribution is -2.41. The summed E-state index contributed by atoms with van der Waals surface area (Å²) >= 11 is 0. The fourth-order valence-corrected chi connectivity index (χ4v) is 4.07. The molecule has 3 aromatic rings. The summed E-state index contributed by atoms with van der Waals surface area (Å²) in [6, 6.07) is 22.2. The van der Waals surface area contributed by atoms with Crippen molar-refractivity contribution in [3.8, 4) is 22.6 Å². The minimum absolute atomic E-state index is 0.0816. The highest BCUT2D eigenvalue weighted by Gasteiger charge is 2.25. The van der Waals surface area contributed by atoms with Crippen molar-refractivity contribution in [2.45, 2.75) is 25.5 Å². The van der Waals surface area contributed by atoms with Crippen molar-refractivity contribution in [3.05, 3.63) is 78.4 Å². The third kappa shape index (κ3) is 5.49. The Kier molecular flexibility index (Phi) is 7.19. The molecular weight excluding hydrogens is 426 g/mol. The molecule has 33 heavy (non-hydrogen) atoms. The maximum Gasteiger partial charge on any atom is 0.387 e. The summed E-state index contributed by atoms with van der Waals surface area (Å²) in [5.41, 5.74) is 3.16. The van der Waals surface area contributed by atoms with Crippen molar-refractivity contribution >= 4 is 11.6 Å². The van der Waals surface area contributed by atoms with Crippen LogP contribution in [0.5, 0.6) is 11.5 Å². The predicted molar refractivity (Wildman–Crippen MR) is 124 cm³/mol. The van der Waals surface area contributed by atoms with E-state index in [-0.39, 0.29) is 23.4 Å². The maximum absolute atomic E-state index is 13.6. The number of rotatable bonds is 8. The molecule has 0 radical (unpaired) electrons. The Balaban J connectivity index is 1.68. The Morgan fingerprint density at radius 3 is 2.52 bits per heavy atom. The number of alkyl halides is 2. The number of halogens is 2. The van der Waals surface area contributed by atoms with E-state index in [2.05, 4.69) is 10.1 Å². The van der Waals surface area contributed by atoms with Crippen LogP contribution >= 0.6 is 0 Å². The minimum atomic E-state index is -2.98. The summed E-state index contributed by atoms with van der Waals surface area (Å²) in [4.78, 5) is 15.4. The zero-order valence-electron chi connectivity index (χ0n) is 18.3. The fraction of sp³-hybridized carbons (Fsp3) is 0.269. The Morgan fingerprint density at radius 1 is 1.03 bits per heavy atom. The van der Waals surface area contributed by atoms with E-state index in [1.807, 2.05) is 54.6 Å². The molecule has 1 amide bonds. The van der Waals surface area contributed by atoms with Crippen LogP contribution in [0, 0.1) is 0 Å². The number of anilines is 1. The molecular formula is C26H26F2N2O3. The summed E-state index contributed by atoms with van der Waals surface area (Å²) in [7, 11) is 1.35. The van der Waals surface area contributed by atoms with Gasteiger partial charge in [-0.05, 0) is 60.8 Å². The zero-order chi connectivity index (χ0) is 23.2. The standard InChI is InChI=1S/C26H26F2N2O3/c1-32-24-16-20(12-13-23(24)33-26(27)28)25(31)30(17-21-10-6-14-29-21)22-11-5-9-19(15-22)18-7-3-2-4-8-18/h2-5,7-9,11-13,15-16,21,26,29H,6,10,14,17H2,1H3/t21-/m0/s1. The molecule has 1 atom stereocenters. The molecule has 1 saturated heterocycles. The lowest BCUT2D eigenvalue weighted by atomic mass is 10.0. The molecule has 0 bridgehead atoms. The average Bonchev–Trinajstić information content (AvgIpc) is 3.36. The van der Waals surface area contributed by atoms with Crippen LogP contribution in [0.3, 0.4) is 0 Å². The highest BCUT2D eigenvalue weighted by Crippen LogP contribution is 2.31. The number of hydrogen-bond acceptors (Lipinski definition) is 4. The van der Waals surface area contributed by atoms with Gasteiger partial charge in [0.2, 0.25) is 0 Å². The van der Waals surface area contributed by atoms with Gasteiger partial charge in [-0.25, -0.2) is 0 Å². The van der Waals surface area contributed by atoms with Crippen LogP contribution in [0.25, 0.3) is 11.1 Å². The molecule has 5 nitrogen and oxygen atoms in total. The van der Waals surface area contributed by atoms with Gasteiger partial charge in [0.15, 0.2) is 11.5 Å². The van der Waals surface area contributed by atoms with Crippen LogP contribution in [0.4, 0.5) is 14.5 Å². The molecule has 0 saturated carbocycles. The van der Waals surface area contributed by atoms with E-state index < -0.39 is 6.61 Å². The van der Waals surface area contributed by atoms with Gasteiger partial charge >= 0.3 is 6.61 Å². The third-order valence-electron chi connectivity index (χ3n) is 5.70. The second kappa shape index (κ2) is 10.4. The van der Waals surface area contributed by atoms with Gasteiger partial charge in [0.1, 0.15) is 0 Å². The van der Waals surface area contributed by atoms with Crippen LogP contribution in [0.1, 0.15) is 23.2 Å². The smallest absolute Gasteiger partial charge is 0.387 e. The van der Waals surface area contributed by atoms with Gasteiger partial charge in [-0.2, -0.15) is 8.78 Å². The van der Waals surface area contributed by atoms with Gasteiger partial charge in [-0.3, -0.25) is 4.79 Å². The fourth-order valence-electron chi connectivity index (χ4n) is 4.07. The number of methoxy groups -OCH3 is 1. The first kappa shape index (κ1) is 22.7. The van der Waals surface area contributed by atoms with Gasteiger partial charge in [0.25, 0.3) is 5.91 Å². The van der Waals surface area contributed by atoms with E-state index >= 15 is 0 Å². The number of hydrogen-bond donors (Lipinski definition) is 1. The summed E-state index contributed by atoms with van der Waals surface area (Å²) in [6.07, 6.45) is 2.04. The molecule has 1 aliphatic heterocycles. The summed E-state index contributed by atoms with van der Waals surface area (Å²) in [6.45, 7) is -1.56. The highest BCUT2D eigenvalue weighted by molar-refractivity contribution is 6.06. The van der Waals surface area contributed by atoms with Crippen molar-refractivity contribution in [2.75, 3.05) is 25.1 Å². The van der Waals surface area contributed by atoms with E-state index in [0.29, 0.717) is 12.1 Å². The van der Waals surface area contributed by atoms with E-state index in [9.17, 15) is 13.6 Å². The van der Waals surface area contributed by atoms with E-state index in [4.69, 9.17) is 4.74 Å². The number of nitrogens with one attached hydrogen (secondary N) is 1. The van der Waals surface area contributed by atoms with Crippen molar-refractivity contribution in [1.29, 1.82) is 0 Å². The van der Waals surface area contributed by atoms with Crippen molar-refractivity contribution in [2.24, 2.45) is 0 Å². The Morgan fingerprint density at radius 2 is 1.82 bits per heavy atom. The number of nitrogens with zero attached hydrogens (tertiary/aromatic N) is 1. The molecule has 7 heteroatoms. The van der Waals surface area contributed by atoms with Gasteiger partial charge in [0.05, 0.1) is 7.11 Å².